The number of amides is 1. The Hall–Kier alpha value is -3.82. The van der Waals surface area contributed by atoms with Gasteiger partial charge in [0.2, 0.25) is 11.8 Å². The number of hydrogen-bond acceptors (Lipinski definition) is 6. The van der Waals surface area contributed by atoms with E-state index in [0.717, 1.165) is 25.0 Å². The highest BCUT2D eigenvalue weighted by molar-refractivity contribution is 5.70. The van der Waals surface area contributed by atoms with E-state index in [9.17, 15) is 18.0 Å². The van der Waals surface area contributed by atoms with Gasteiger partial charge in [-0.25, -0.2) is 14.8 Å². The van der Waals surface area contributed by atoms with E-state index in [1.807, 2.05) is 18.2 Å². The van der Waals surface area contributed by atoms with Crippen LogP contribution in [-0.4, -0.2) is 40.7 Å². The first-order valence-corrected chi connectivity index (χ1v) is 10.7. The molecule has 0 atom stereocenters. The van der Waals surface area contributed by atoms with Crippen molar-refractivity contribution in [2.24, 2.45) is 5.92 Å². The van der Waals surface area contributed by atoms with E-state index in [-0.39, 0.29) is 5.88 Å². The van der Waals surface area contributed by atoms with Gasteiger partial charge in [0.15, 0.2) is 0 Å². The van der Waals surface area contributed by atoms with Gasteiger partial charge in [0.25, 0.3) is 0 Å². The standard InChI is InChI=1S/C24H22F3N3O4/c25-24(26,27)18-4-9-22(29-15-18)33-19-5-7-20(8-6-19)34-23(31)30-13-10-17(11-14-30)16-32-21-3-1-2-12-28-21/h1-9,12,15,17H,10-11,13-14,16H2. The number of aromatic nitrogens is 2. The quantitative estimate of drug-likeness (QED) is 0.466. The van der Waals surface area contributed by atoms with E-state index in [0.29, 0.717) is 49.2 Å². The summed E-state index contributed by atoms with van der Waals surface area (Å²) in [4.78, 5) is 21.9. The molecule has 1 saturated heterocycles. The van der Waals surface area contributed by atoms with Crippen LogP contribution in [0, 0.1) is 5.92 Å². The Morgan fingerprint density at radius 2 is 1.68 bits per heavy atom. The number of nitrogens with zero attached hydrogens (tertiary/aromatic N) is 3. The molecular weight excluding hydrogens is 451 g/mol. The number of carbonyl (C=O) groups is 1. The van der Waals surface area contributed by atoms with E-state index in [1.54, 1.807) is 35.4 Å². The highest BCUT2D eigenvalue weighted by atomic mass is 19.4. The molecule has 34 heavy (non-hydrogen) atoms. The topological polar surface area (TPSA) is 73.8 Å². The summed E-state index contributed by atoms with van der Waals surface area (Å²) in [6.45, 7) is 1.68. The molecular formula is C24H22F3N3O4. The first-order valence-electron chi connectivity index (χ1n) is 10.7. The number of alkyl halides is 3. The van der Waals surface area contributed by atoms with Crippen LogP contribution >= 0.6 is 0 Å². The van der Waals surface area contributed by atoms with Gasteiger partial charge in [-0.3, -0.25) is 0 Å². The van der Waals surface area contributed by atoms with Gasteiger partial charge >= 0.3 is 12.3 Å². The van der Waals surface area contributed by atoms with Crippen LogP contribution in [0.2, 0.25) is 0 Å². The number of piperidine rings is 1. The van der Waals surface area contributed by atoms with Gasteiger partial charge in [-0.2, -0.15) is 13.2 Å². The van der Waals surface area contributed by atoms with Gasteiger partial charge < -0.3 is 19.1 Å². The van der Waals surface area contributed by atoms with Gasteiger partial charge in [0, 0.05) is 37.6 Å². The molecule has 178 valence electrons. The number of ether oxygens (including phenoxy) is 3. The molecule has 1 aliphatic heterocycles. The molecule has 0 spiro atoms. The molecule has 3 aromatic rings. The molecule has 0 unspecified atom stereocenters. The summed E-state index contributed by atoms with van der Waals surface area (Å²) in [5.41, 5.74) is -0.855. The molecule has 3 heterocycles. The monoisotopic (exact) mass is 473 g/mol. The van der Waals surface area contributed by atoms with Crippen molar-refractivity contribution in [3.63, 3.8) is 0 Å². The van der Waals surface area contributed by atoms with Crippen LogP contribution in [0.5, 0.6) is 23.3 Å². The lowest BCUT2D eigenvalue weighted by atomic mass is 9.98. The van der Waals surface area contributed by atoms with Gasteiger partial charge in [0.1, 0.15) is 11.5 Å². The van der Waals surface area contributed by atoms with Crippen LogP contribution in [0.3, 0.4) is 0 Å². The Morgan fingerprint density at radius 3 is 2.29 bits per heavy atom. The fourth-order valence-corrected chi connectivity index (χ4v) is 3.39. The molecule has 1 fully saturated rings. The van der Waals surface area contributed by atoms with E-state index in [1.165, 1.54) is 0 Å². The zero-order valence-corrected chi connectivity index (χ0v) is 18.1. The van der Waals surface area contributed by atoms with Gasteiger partial charge in [-0.15, -0.1) is 0 Å². The van der Waals surface area contributed by atoms with Crippen LogP contribution in [0.25, 0.3) is 0 Å². The third kappa shape index (κ3) is 6.37. The second-order valence-corrected chi connectivity index (χ2v) is 7.73. The van der Waals surface area contributed by atoms with E-state index >= 15 is 0 Å². The van der Waals surface area contributed by atoms with Crippen molar-refractivity contribution in [1.82, 2.24) is 14.9 Å². The maximum Gasteiger partial charge on any atom is 0.417 e. The van der Waals surface area contributed by atoms with Crippen molar-refractivity contribution in [3.8, 4) is 23.3 Å². The minimum Gasteiger partial charge on any atom is -0.477 e. The van der Waals surface area contributed by atoms with Crippen molar-refractivity contribution >= 4 is 6.09 Å². The number of carbonyl (C=O) groups excluding carboxylic acids is 1. The Kier molecular flexibility index (Phi) is 7.15. The number of halogens is 3. The molecule has 7 nitrogen and oxygen atoms in total. The number of benzene rings is 1. The highest BCUT2D eigenvalue weighted by Crippen LogP contribution is 2.30. The van der Waals surface area contributed by atoms with Crippen LogP contribution in [0.15, 0.2) is 67.0 Å². The summed E-state index contributed by atoms with van der Waals surface area (Å²) in [7, 11) is 0. The minimum atomic E-state index is -4.46. The van der Waals surface area contributed by atoms with Gasteiger partial charge in [0.05, 0.1) is 12.2 Å². The number of hydrogen-bond donors (Lipinski definition) is 0. The Balaban J connectivity index is 1.22. The van der Waals surface area contributed by atoms with Crippen molar-refractivity contribution < 1.29 is 32.2 Å². The number of pyridine rings is 2. The van der Waals surface area contributed by atoms with Crippen LogP contribution < -0.4 is 14.2 Å². The predicted molar refractivity (Wildman–Crippen MR) is 116 cm³/mol. The van der Waals surface area contributed by atoms with Crippen molar-refractivity contribution in [1.29, 1.82) is 0 Å². The zero-order chi connectivity index (χ0) is 24.0. The largest absolute Gasteiger partial charge is 0.477 e. The molecule has 4 rings (SSSR count). The normalized spacial score (nSPS) is 14.5. The molecule has 0 aliphatic carbocycles. The van der Waals surface area contributed by atoms with E-state index in [4.69, 9.17) is 14.2 Å². The van der Waals surface area contributed by atoms with Crippen LogP contribution in [-0.2, 0) is 6.18 Å². The third-order valence-corrected chi connectivity index (χ3v) is 5.29. The smallest absolute Gasteiger partial charge is 0.417 e. The fourth-order valence-electron chi connectivity index (χ4n) is 3.39. The summed E-state index contributed by atoms with van der Waals surface area (Å²) < 4.78 is 54.4. The lowest BCUT2D eigenvalue weighted by Gasteiger charge is -2.31. The molecule has 1 amide bonds. The number of likely N-dealkylation sites (tertiary alicyclic amines) is 1. The second-order valence-electron chi connectivity index (χ2n) is 7.73. The van der Waals surface area contributed by atoms with Crippen molar-refractivity contribution in [2.45, 2.75) is 19.0 Å². The summed E-state index contributed by atoms with van der Waals surface area (Å²) >= 11 is 0. The minimum absolute atomic E-state index is 0.0210. The fraction of sp³-hybridized carbons (Fsp3) is 0.292. The summed E-state index contributed by atoms with van der Waals surface area (Å²) in [6, 6.07) is 13.7. The molecule has 0 saturated carbocycles. The van der Waals surface area contributed by atoms with Gasteiger partial charge in [-0.05, 0) is 55.2 Å². The molecule has 2 aromatic heterocycles. The summed E-state index contributed by atoms with van der Waals surface area (Å²) in [5, 5.41) is 0. The predicted octanol–water partition coefficient (Wildman–Crippen LogP) is 5.58. The SMILES string of the molecule is O=C(Oc1ccc(Oc2ccc(C(F)(F)F)cn2)cc1)N1CCC(COc2ccccn2)CC1. The van der Waals surface area contributed by atoms with Crippen LogP contribution in [0.1, 0.15) is 18.4 Å². The van der Waals surface area contributed by atoms with E-state index < -0.39 is 17.8 Å². The second kappa shape index (κ2) is 10.4. The molecule has 0 N–H and O–H groups in total. The highest BCUT2D eigenvalue weighted by Gasteiger charge is 2.30. The molecule has 10 heteroatoms. The van der Waals surface area contributed by atoms with Gasteiger partial charge in [-0.1, -0.05) is 6.07 Å². The molecule has 0 radical (unpaired) electrons. The first kappa shape index (κ1) is 23.3. The average molecular weight is 473 g/mol. The summed E-state index contributed by atoms with van der Waals surface area (Å²) in [5.74, 6) is 1.62. The molecule has 1 aliphatic rings. The van der Waals surface area contributed by atoms with Crippen molar-refractivity contribution in [2.75, 3.05) is 19.7 Å². The van der Waals surface area contributed by atoms with Crippen molar-refractivity contribution in [3.05, 3.63) is 72.6 Å². The first-order chi connectivity index (χ1) is 16.4. The van der Waals surface area contributed by atoms with Crippen LogP contribution in [0.4, 0.5) is 18.0 Å². The lowest BCUT2D eigenvalue weighted by Crippen LogP contribution is -2.41. The molecule has 1 aromatic carbocycles. The van der Waals surface area contributed by atoms with E-state index in [2.05, 4.69) is 9.97 Å². The maximum absolute atomic E-state index is 12.6. The third-order valence-electron chi connectivity index (χ3n) is 5.29. The average Bonchev–Trinajstić information content (AvgIpc) is 2.85. The molecule has 0 bridgehead atoms. The lowest BCUT2D eigenvalue weighted by molar-refractivity contribution is -0.137. The Labute approximate surface area is 194 Å². The number of rotatable bonds is 6. The zero-order valence-electron chi connectivity index (χ0n) is 18.1. The Bertz CT molecular complexity index is 1070. The maximum atomic E-state index is 12.6. The summed E-state index contributed by atoms with van der Waals surface area (Å²) in [6.07, 6.45) is -0.914. The Morgan fingerprint density at radius 1 is 0.941 bits per heavy atom.